The summed E-state index contributed by atoms with van der Waals surface area (Å²) in [6, 6.07) is 10.6. The largest absolute Gasteiger partial charge is 0.472 e. The Labute approximate surface area is 156 Å². The van der Waals surface area contributed by atoms with Crippen LogP contribution < -0.4 is 15.8 Å². The van der Waals surface area contributed by atoms with Crippen LogP contribution in [0, 0.1) is 0 Å². The van der Waals surface area contributed by atoms with E-state index in [1.165, 1.54) is 24.3 Å². The van der Waals surface area contributed by atoms with E-state index in [2.05, 4.69) is 5.32 Å². The Morgan fingerprint density at radius 2 is 2.08 bits per heavy atom. The van der Waals surface area contributed by atoms with E-state index < -0.39 is 11.3 Å². The van der Waals surface area contributed by atoms with Crippen molar-refractivity contribution in [3.63, 3.8) is 0 Å². The molecule has 0 bridgehead atoms. The Morgan fingerprint density at radius 1 is 1.31 bits per heavy atom. The highest BCUT2D eigenvalue weighted by atomic mass is 32.2. The number of hydrogen-bond acceptors (Lipinski definition) is 5. The van der Waals surface area contributed by atoms with E-state index in [4.69, 9.17) is 14.9 Å². The molecule has 138 valence electrons. The number of nitrogens with one attached hydrogen (secondary N) is 1. The number of hydrogen-bond donors (Lipinski definition) is 2. The van der Waals surface area contributed by atoms with Crippen LogP contribution in [0.5, 0.6) is 5.75 Å². The molecule has 0 radical (unpaired) electrons. The van der Waals surface area contributed by atoms with Gasteiger partial charge in [-0.25, -0.2) is 0 Å². The molecule has 0 aliphatic carbocycles. The van der Waals surface area contributed by atoms with Crippen molar-refractivity contribution >= 4 is 23.6 Å². The molecule has 0 aliphatic rings. The second-order valence-corrected chi connectivity index (χ2v) is 6.82. The summed E-state index contributed by atoms with van der Waals surface area (Å²) in [6.07, 6.45) is 7.38. The summed E-state index contributed by atoms with van der Waals surface area (Å²) in [5, 5.41) is 2.76. The molecule has 2 unspecified atom stereocenters. The van der Waals surface area contributed by atoms with Crippen LogP contribution in [0.25, 0.3) is 0 Å². The lowest BCUT2D eigenvalue weighted by Gasteiger charge is -2.21. The van der Waals surface area contributed by atoms with Crippen molar-refractivity contribution in [3.8, 4) is 5.75 Å². The number of para-hydroxylation sites is 1. The summed E-state index contributed by atoms with van der Waals surface area (Å²) in [5.41, 5.74) is 5.09. The number of carbonyl (C=O) groups excluding carboxylic acids is 2. The van der Waals surface area contributed by atoms with Crippen molar-refractivity contribution in [2.24, 2.45) is 5.73 Å². The lowest BCUT2D eigenvalue weighted by atomic mass is 10.2. The molecule has 0 fully saturated rings. The standard InChI is InChI=1S/C19H22N2O4S/c1-2-3-9-16(12-21-18(23)14-10-11-24-13-14)26-19(17(20)22)25-15-7-5-4-6-8-15/h2-8,10-11,13,16,19H,9,12H2,1H3,(H2,20,22)(H,21,23). The van der Waals surface area contributed by atoms with Crippen molar-refractivity contribution in [2.75, 3.05) is 6.54 Å². The maximum atomic E-state index is 12.1. The molecule has 2 amide bonds. The van der Waals surface area contributed by atoms with E-state index in [-0.39, 0.29) is 11.2 Å². The monoisotopic (exact) mass is 374 g/mol. The van der Waals surface area contributed by atoms with Crippen LogP contribution >= 0.6 is 11.8 Å². The molecule has 0 spiro atoms. The second-order valence-electron chi connectivity index (χ2n) is 5.45. The molecule has 2 rings (SSSR count). The molecule has 6 nitrogen and oxygen atoms in total. The van der Waals surface area contributed by atoms with Crippen LogP contribution in [0.1, 0.15) is 23.7 Å². The van der Waals surface area contributed by atoms with Gasteiger partial charge in [-0.1, -0.05) is 30.4 Å². The zero-order valence-electron chi connectivity index (χ0n) is 14.5. The maximum Gasteiger partial charge on any atom is 0.269 e. The number of nitrogens with two attached hydrogens (primary N) is 1. The molecule has 0 saturated carbocycles. The summed E-state index contributed by atoms with van der Waals surface area (Å²) < 4.78 is 10.6. The normalized spacial score (nSPS) is 13.3. The van der Waals surface area contributed by atoms with Gasteiger partial charge in [0.1, 0.15) is 12.0 Å². The number of benzene rings is 1. The van der Waals surface area contributed by atoms with Gasteiger partial charge in [0.25, 0.3) is 11.8 Å². The number of allylic oxidation sites excluding steroid dienone is 2. The second kappa shape index (κ2) is 10.4. The molecule has 1 aromatic carbocycles. The van der Waals surface area contributed by atoms with E-state index in [0.29, 0.717) is 24.3 Å². The van der Waals surface area contributed by atoms with Crippen molar-refractivity contribution in [3.05, 3.63) is 66.6 Å². The van der Waals surface area contributed by atoms with Gasteiger partial charge in [0, 0.05) is 11.8 Å². The van der Waals surface area contributed by atoms with Gasteiger partial charge in [0.05, 0.1) is 11.8 Å². The van der Waals surface area contributed by atoms with Gasteiger partial charge in [-0.05, 0) is 31.5 Å². The Balaban J connectivity index is 1.99. The lowest BCUT2D eigenvalue weighted by Crippen LogP contribution is -2.36. The van der Waals surface area contributed by atoms with Gasteiger partial charge in [0.2, 0.25) is 5.44 Å². The fraction of sp³-hybridized carbons (Fsp3) is 0.263. The fourth-order valence-corrected chi connectivity index (χ4v) is 3.18. The molecule has 3 N–H and O–H groups in total. The van der Waals surface area contributed by atoms with E-state index in [0.717, 1.165) is 0 Å². The Hall–Kier alpha value is -2.67. The predicted octanol–water partition coefficient (Wildman–Crippen LogP) is 2.97. The van der Waals surface area contributed by atoms with Crippen molar-refractivity contribution < 1.29 is 18.7 Å². The van der Waals surface area contributed by atoms with Gasteiger partial charge in [-0.3, -0.25) is 9.59 Å². The highest BCUT2D eigenvalue weighted by molar-refractivity contribution is 8.01. The Morgan fingerprint density at radius 3 is 2.69 bits per heavy atom. The minimum Gasteiger partial charge on any atom is -0.472 e. The van der Waals surface area contributed by atoms with Crippen LogP contribution in [0.4, 0.5) is 0 Å². The molecule has 26 heavy (non-hydrogen) atoms. The smallest absolute Gasteiger partial charge is 0.269 e. The van der Waals surface area contributed by atoms with E-state index >= 15 is 0 Å². The quantitative estimate of drug-likeness (QED) is 0.492. The van der Waals surface area contributed by atoms with Crippen molar-refractivity contribution in [1.82, 2.24) is 5.32 Å². The molecule has 1 heterocycles. The van der Waals surface area contributed by atoms with Gasteiger partial charge in [-0.2, -0.15) is 0 Å². The minimum absolute atomic E-state index is 0.0803. The highest BCUT2D eigenvalue weighted by Gasteiger charge is 2.23. The topological polar surface area (TPSA) is 94.6 Å². The first-order chi connectivity index (χ1) is 12.6. The summed E-state index contributed by atoms with van der Waals surface area (Å²) in [5.74, 6) is -0.231. The average molecular weight is 374 g/mol. The first-order valence-electron chi connectivity index (χ1n) is 8.18. The Bertz CT molecular complexity index is 716. The zero-order chi connectivity index (χ0) is 18.8. The number of furan rings is 1. The number of thioether (sulfide) groups is 1. The number of amides is 2. The third-order valence-corrected chi connectivity index (χ3v) is 4.76. The van der Waals surface area contributed by atoms with Gasteiger partial charge in [-0.15, -0.1) is 11.8 Å². The van der Waals surface area contributed by atoms with Crippen molar-refractivity contribution in [2.45, 2.75) is 24.0 Å². The van der Waals surface area contributed by atoms with E-state index in [9.17, 15) is 9.59 Å². The summed E-state index contributed by atoms with van der Waals surface area (Å²) in [7, 11) is 0. The highest BCUT2D eigenvalue weighted by Crippen LogP contribution is 2.24. The SMILES string of the molecule is CC=CCC(CNC(=O)c1ccoc1)SC(Oc1ccccc1)C(N)=O. The van der Waals surface area contributed by atoms with Gasteiger partial charge >= 0.3 is 0 Å². The molecular formula is C19H22N2O4S. The fourth-order valence-electron chi connectivity index (χ4n) is 2.13. The first-order valence-corrected chi connectivity index (χ1v) is 9.12. The van der Waals surface area contributed by atoms with Crippen LogP contribution in [-0.2, 0) is 4.79 Å². The lowest BCUT2D eigenvalue weighted by molar-refractivity contribution is -0.121. The third kappa shape index (κ3) is 6.33. The van der Waals surface area contributed by atoms with E-state index in [1.807, 2.05) is 37.3 Å². The number of carbonyl (C=O) groups is 2. The van der Waals surface area contributed by atoms with Gasteiger partial charge in [0.15, 0.2) is 0 Å². The average Bonchev–Trinajstić information content (AvgIpc) is 3.18. The molecular weight excluding hydrogens is 352 g/mol. The summed E-state index contributed by atoms with van der Waals surface area (Å²) in [4.78, 5) is 23.9. The first kappa shape index (κ1) is 19.7. The number of ether oxygens (including phenoxy) is 1. The van der Waals surface area contributed by atoms with Crippen LogP contribution in [-0.4, -0.2) is 29.0 Å². The third-order valence-electron chi connectivity index (χ3n) is 3.44. The predicted molar refractivity (Wildman–Crippen MR) is 102 cm³/mol. The molecule has 1 aromatic heterocycles. The summed E-state index contributed by atoms with van der Waals surface area (Å²) in [6.45, 7) is 2.28. The van der Waals surface area contributed by atoms with E-state index in [1.54, 1.807) is 18.2 Å². The molecule has 7 heteroatoms. The number of rotatable bonds is 10. The molecule has 0 aliphatic heterocycles. The van der Waals surface area contributed by atoms with Crippen LogP contribution in [0.15, 0.2) is 65.5 Å². The minimum atomic E-state index is -0.849. The number of primary amides is 1. The maximum absolute atomic E-state index is 12.1. The molecule has 2 aromatic rings. The zero-order valence-corrected chi connectivity index (χ0v) is 15.3. The summed E-state index contributed by atoms with van der Waals surface area (Å²) >= 11 is 1.29. The van der Waals surface area contributed by atoms with Crippen LogP contribution in [0.2, 0.25) is 0 Å². The van der Waals surface area contributed by atoms with Crippen molar-refractivity contribution in [1.29, 1.82) is 0 Å². The molecule has 2 atom stereocenters. The van der Waals surface area contributed by atoms with Gasteiger partial charge < -0.3 is 20.2 Å². The van der Waals surface area contributed by atoms with Crippen LogP contribution in [0.3, 0.4) is 0 Å². The Kier molecular flexibility index (Phi) is 7.82. The molecule has 0 saturated heterocycles.